The van der Waals surface area contributed by atoms with E-state index in [1.165, 1.54) is 0 Å². The topological polar surface area (TPSA) is 41.0 Å². The van der Waals surface area contributed by atoms with Crippen LogP contribution in [0.25, 0.3) is 0 Å². The number of hydrogen-bond donors (Lipinski definition) is 1. The Balaban J connectivity index is 2.80. The fourth-order valence-corrected chi connectivity index (χ4v) is 0.656. The van der Waals surface area contributed by atoms with E-state index in [4.69, 9.17) is 0 Å². The number of aromatic nitrogens is 2. The Morgan fingerprint density at radius 1 is 1.89 bits per heavy atom. The third-order valence-electron chi connectivity index (χ3n) is 1.22. The number of nitrogens with zero attached hydrogens (tertiary/aromatic N) is 2. The van der Waals surface area contributed by atoms with Gasteiger partial charge in [-0.1, -0.05) is 0 Å². The molecule has 0 aliphatic rings. The molecule has 0 fully saturated rings. The molecular weight excluding hydrogens is 114 g/mol. The SMILES string of the molecule is C=NCc1cn[nH]c1C. The number of aliphatic imine (C=N–C) groups is 1. The molecule has 0 spiro atoms. The van der Waals surface area contributed by atoms with Gasteiger partial charge in [0, 0.05) is 11.3 Å². The summed E-state index contributed by atoms with van der Waals surface area (Å²) in [6.45, 7) is 6.01. The van der Waals surface area contributed by atoms with E-state index in [0.29, 0.717) is 6.54 Å². The van der Waals surface area contributed by atoms with E-state index in [9.17, 15) is 0 Å². The molecule has 0 unspecified atom stereocenters. The zero-order valence-corrected chi connectivity index (χ0v) is 5.39. The third kappa shape index (κ3) is 1.16. The molecule has 0 aliphatic heterocycles. The van der Waals surface area contributed by atoms with Gasteiger partial charge < -0.3 is 0 Å². The molecule has 48 valence electrons. The molecule has 3 nitrogen and oxygen atoms in total. The lowest BCUT2D eigenvalue weighted by molar-refractivity contribution is 1.03. The zero-order chi connectivity index (χ0) is 6.69. The Bertz CT molecular complexity index is 202. The van der Waals surface area contributed by atoms with Crippen LogP contribution < -0.4 is 0 Å². The smallest absolute Gasteiger partial charge is 0.0666 e. The fourth-order valence-electron chi connectivity index (χ4n) is 0.656. The summed E-state index contributed by atoms with van der Waals surface area (Å²) in [6.07, 6.45) is 1.77. The number of H-pyrrole nitrogens is 1. The normalized spacial score (nSPS) is 9.44. The highest BCUT2D eigenvalue weighted by Gasteiger charge is 1.95. The fraction of sp³-hybridized carbons (Fsp3) is 0.333. The molecule has 3 heteroatoms. The van der Waals surface area contributed by atoms with Gasteiger partial charge in [-0.2, -0.15) is 5.10 Å². The summed E-state index contributed by atoms with van der Waals surface area (Å²) >= 11 is 0. The second-order valence-corrected chi connectivity index (χ2v) is 1.90. The first-order valence-corrected chi connectivity index (χ1v) is 2.76. The minimum atomic E-state index is 0.655. The molecule has 0 atom stereocenters. The molecule has 1 rings (SSSR count). The molecule has 0 aliphatic carbocycles. The molecule has 0 saturated carbocycles. The van der Waals surface area contributed by atoms with E-state index in [-0.39, 0.29) is 0 Å². The first-order chi connectivity index (χ1) is 4.34. The van der Waals surface area contributed by atoms with Crippen molar-refractivity contribution >= 4 is 6.72 Å². The standard InChI is InChI=1S/C6H9N3/c1-5-6(3-7-2)4-8-9-5/h4H,2-3H2,1H3,(H,8,9). The van der Waals surface area contributed by atoms with Gasteiger partial charge >= 0.3 is 0 Å². The third-order valence-corrected chi connectivity index (χ3v) is 1.22. The quantitative estimate of drug-likeness (QED) is 0.583. The van der Waals surface area contributed by atoms with Gasteiger partial charge in [-0.15, -0.1) is 0 Å². The van der Waals surface area contributed by atoms with Crippen LogP contribution in [0.2, 0.25) is 0 Å². The Hall–Kier alpha value is -1.12. The molecular formula is C6H9N3. The Morgan fingerprint density at radius 2 is 2.67 bits per heavy atom. The van der Waals surface area contributed by atoms with Crippen molar-refractivity contribution in [1.82, 2.24) is 10.2 Å². The summed E-state index contributed by atoms with van der Waals surface area (Å²) in [5.74, 6) is 0. The van der Waals surface area contributed by atoms with Crippen LogP contribution in [0, 0.1) is 6.92 Å². The maximum atomic E-state index is 3.83. The molecule has 0 radical (unpaired) electrons. The van der Waals surface area contributed by atoms with Crippen LogP contribution in [-0.2, 0) is 6.54 Å². The van der Waals surface area contributed by atoms with Gasteiger partial charge in [0.1, 0.15) is 0 Å². The van der Waals surface area contributed by atoms with Crippen molar-refractivity contribution in [3.63, 3.8) is 0 Å². The first kappa shape index (κ1) is 6.01. The summed E-state index contributed by atoms with van der Waals surface area (Å²) in [6, 6.07) is 0. The Morgan fingerprint density at radius 3 is 3.11 bits per heavy atom. The first-order valence-electron chi connectivity index (χ1n) is 2.76. The number of aromatic amines is 1. The van der Waals surface area contributed by atoms with E-state index < -0.39 is 0 Å². The van der Waals surface area contributed by atoms with Gasteiger partial charge in [-0.3, -0.25) is 10.1 Å². The van der Waals surface area contributed by atoms with E-state index in [2.05, 4.69) is 21.9 Å². The largest absolute Gasteiger partial charge is 0.296 e. The maximum Gasteiger partial charge on any atom is 0.0666 e. The number of aryl methyl sites for hydroxylation is 1. The zero-order valence-electron chi connectivity index (χ0n) is 5.39. The van der Waals surface area contributed by atoms with Gasteiger partial charge in [0.05, 0.1) is 12.7 Å². The van der Waals surface area contributed by atoms with Crippen molar-refractivity contribution in [1.29, 1.82) is 0 Å². The molecule has 1 heterocycles. The summed E-state index contributed by atoms with van der Waals surface area (Å²) in [5, 5.41) is 6.64. The highest BCUT2D eigenvalue weighted by atomic mass is 15.1. The molecule has 9 heavy (non-hydrogen) atoms. The molecule has 0 aromatic carbocycles. The van der Waals surface area contributed by atoms with Gasteiger partial charge in [0.15, 0.2) is 0 Å². The summed E-state index contributed by atoms with van der Waals surface area (Å²) in [4.78, 5) is 3.73. The maximum absolute atomic E-state index is 3.83. The van der Waals surface area contributed by atoms with Crippen LogP contribution in [0.5, 0.6) is 0 Å². The number of rotatable bonds is 2. The van der Waals surface area contributed by atoms with Gasteiger partial charge in [-0.05, 0) is 13.6 Å². The van der Waals surface area contributed by atoms with E-state index in [1.54, 1.807) is 6.20 Å². The van der Waals surface area contributed by atoms with Crippen molar-refractivity contribution in [2.75, 3.05) is 0 Å². The monoisotopic (exact) mass is 123 g/mol. The highest BCUT2D eigenvalue weighted by Crippen LogP contribution is 2.02. The van der Waals surface area contributed by atoms with Gasteiger partial charge in [0.25, 0.3) is 0 Å². The second-order valence-electron chi connectivity index (χ2n) is 1.90. The van der Waals surface area contributed by atoms with Crippen LogP contribution in [0.1, 0.15) is 11.3 Å². The molecule has 1 N–H and O–H groups in total. The summed E-state index contributed by atoms with van der Waals surface area (Å²) in [7, 11) is 0. The van der Waals surface area contributed by atoms with Crippen LogP contribution in [0.3, 0.4) is 0 Å². The van der Waals surface area contributed by atoms with Crippen LogP contribution in [0.4, 0.5) is 0 Å². The summed E-state index contributed by atoms with van der Waals surface area (Å²) < 4.78 is 0. The Labute approximate surface area is 53.8 Å². The minimum Gasteiger partial charge on any atom is -0.296 e. The average Bonchev–Trinajstić information content (AvgIpc) is 2.18. The number of nitrogens with one attached hydrogen (secondary N) is 1. The second kappa shape index (κ2) is 2.44. The van der Waals surface area contributed by atoms with E-state index >= 15 is 0 Å². The minimum absolute atomic E-state index is 0.655. The van der Waals surface area contributed by atoms with Gasteiger partial charge in [-0.25, -0.2) is 0 Å². The van der Waals surface area contributed by atoms with Crippen LogP contribution in [0.15, 0.2) is 11.2 Å². The van der Waals surface area contributed by atoms with Crippen molar-refractivity contribution < 1.29 is 0 Å². The van der Waals surface area contributed by atoms with Crippen molar-refractivity contribution in [2.24, 2.45) is 4.99 Å². The lowest BCUT2D eigenvalue weighted by Crippen LogP contribution is -1.79. The molecule has 1 aromatic rings. The van der Waals surface area contributed by atoms with Crippen molar-refractivity contribution in [3.05, 3.63) is 17.5 Å². The van der Waals surface area contributed by atoms with E-state index in [0.717, 1.165) is 11.3 Å². The lowest BCUT2D eigenvalue weighted by atomic mass is 10.3. The predicted molar refractivity (Wildman–Crippen MR) is 36.6 cm³/mol. The van der Waals surface area contributed by atoms with Crippen molar-refractivity contribution in [3.8, 4) is 0 Å². The van der Waals surface area contributed by atoms with E-state index in [1.807, 2.05) is 6.92 Å². The number of hydrogen-bond acceptors (Lipinski definition) is 2. The lowest BCUT2D eigenvalue weighted by Gasteiger charge is -1.88. The molecule has 0 bridgehead atoms. The van der Waals surface area contributed by atoms with Crippen LogP contribution in [-0.4, -0.2) is 16.9 Å². The molecule has 0 amide bonds. The summed E-state index contributed by atoms with van der Waals surface area (Å²) in [5.41, 5.74) is 2.19. The predicted octanol–water partition coefficient (Wildman–Crippen LogP) is 0.919. The average molecular weight is 123 g/mol. The van der Waals surface area contributed by atoms with Crippen LogP contribution >= 0.6 is 0 Å². The highest BCUT2D eigenvalue weighted by molar-refractivity contribution is 5.25. The molecule has 1 aromatic heterocycles. The molecule has 0 saturated heterocycles. The Kier molecular flexibility index (Phi) is 1.63. The van der Waals surface area contributed by atoms with Crippen molar-refractivity contribution in [2.45, 2.75) is 13.5 Å². The van der Waals surface area contributed by atoms with Gasteiger partial charge in [0.2, 0.25) is 0 Å².